The molecule has 11 nitrogen and oxygen atoms in total. The number of aromatic nitrogens is 3. The molecule has 2 N–H and O–H groups in total. The van der Waals surface area contributed by atoms with Crippen LogP contribution in [0.1, 0.15) is 57.7 Å². The summed E-state index contributed by atoms with van der Waals surface area (Å²) in [5.41, 5.74) is 1.19. The molecule has 0 aliphatic carbocycles. The molecule has 2 amide bonds. The SMILES string of the molecule is CC(=N)/N=C(\NC(C)C)c1cn2c(n1)-c1cc(C(=O)N3CCN(C(C)(C)C)C(=O)C3)ncc1OCC2. The minimum absolute atomic E-state index is 0.0216. The van der Waals surface area contributed by atoms with Gasteiger partial charge in [-0.15, -0.1) is 0 Å². The van der Waals surface area contributed by atoms with Gasteiger partial charge in [0.1, 0.15) is 41.9 Å². The summed E-state index contributed by atoms with van der Waals surface area (Å²) in [6, 6.07) is 1.79. The van der Waals surface area contributed by atoms with Gasteiger partial charge in [-0.1, -0.05) is 0 Å². The van der Waals surface area contributed by atoms with Crippen LogP contribution in [0.15, 0.2) is 23.5 Å². The predicted molar refractivity (Wildman–Crippen MR) is 137 cm³/mol. The molecule has 2 aliphatic rings. The predicted octanol–water partition coefficient (Wildman–Crippen LogP) is 2.16. The fraction of sp³-hybridized carbons (Fsp3) is 0.520. The molecule has 2 aliphatic heterocycles. The van der Waals surface area contributed by atoms with E-state index >= 15 is 0 Å². The Morgan fingerprint density at radius 1 is 1.22 bits per heavy atom. The zero-order valence-electron chi connectivity index (χ0n) is 21.8. The van der Waals surface area contributed by atoms with E-state index in [1.54, 1.807) is 29.0 Å². The third-order valence-electron chi connectivity index (χ3n) is 5.96. The topological polar surface area (TPSA) is 129 Å². The Hall–Kier alpha value is -3.76. The molecular weight excluding hydrogens is 460 g/mol. The highest BCUT2D eigenvalue weighted by Crippen LogP contribution is 2.32. The molecule has 0 atom stereocenters. The third-order valence-corrected chi connectivity index (χ3v) is 5.96. The molecule has 2 aromatic heterocycles. The minimum atomic E-state index is -0.301. The summed E-state index contributed by atoms with van der Waals surface area (Å²) in [4.78, 5) is 42.8. The van der Waals surface area contributed by atoms with Crippen LogP contribution in [-0.4, -0.2) is 85.6 Å². The number of piperazine rings is 1. The van der Waals surface area contributed by atoms with Gasteiger partial charge in [-0.3, -0.25) is 15.0 Å². The van der Waals surface area contributed by atoms with Gasteiger partial charge < -0.3 is 24.4 Å². The van der Waals surface area contributed by atoms with Crippen molar-refractivity contribution in [3.05, 3.63) is 29.8 Å². The molecule has 36 heavy (non-hydrogen) atoms. The molecule has 0 bridgehead atoms. The molecule has 4 heterocycles. The van der Waals surface area contributed by atoms with Crippen LogP contribution in [0.4, 0.5) is 0 Å². The quantitative estimate of drug-likeness (QED) is 0.497. The number of imidazole rings is 1. The molecule has 0 saturated carbocycles. The van der Waals surface area contributed by atoms with E-state index in [0.717, 1.165) is 0 Å². The van der Waals surface area contributed by atoms with Crippen molar-refractivity contribution < 1.29 is 14.3 Å². The molecule has 192 valence electrons. The van der Waals surface area contributed by atoms with Crippen LogP contribution in [0.5, 0.6) is 5.75 Å². The molecule has 0 radical (unpaired) electrons. The number of pyridine rings is 1. The van der Waals surface area contributed by atoms with Gasteiger partial charge in [0.2, 0.25) is 5.91 Å². The number of amides is 2. The van der Waals surface area contributed by atoms with E-state index in [1.165, 1.54) is 0 Å². The normalized spacial score (nSPS) is 16.3. The highest BCUT2D eigenvalue weighted by molar-refractivity contribution is 6.04. The van der Waals surface area contributed by atoms with Crippen molar-refractivity contribution >= 4 is 23.5 Å². The fourth-order valence-corrected chi connectivity index (χ4v) is 4.34. The van der Waals surface area contributed by atoms with E-state index in [9.17, 15) is 9.59 Å². The van der Waals surface area contributed by atoms with E-state index in [4.69, 9.17) is 15.1 Å². The Balaban J connectivity index is 1.65. The lowest BCUT2D eigenvalue weighted by molar-refractivity contribution is -0.140. The number of aliphatic imine (C=N–C) groups is 1. The lowest BCUT2D eigenvalue weighted by atomic mass is 10.0. The second kappa shape index (κ2) is 9.71. The Morgan fingerprint density at radius 3 is 2.61 bits per heavy atom. The van der Waals surface area contributed by atoms with Gasteiger partial charge >= 0.3 is 0 Å². The number of carbonyl (C=O) groups excluding carboxylic acids is 2. The Kier molecular flexibility index (Phi) is 6.83. The Bertz CT molecular complexity index is 1220. The number of nitrogens with one attached hydrogen (secondary N) is 2. The van der Waals surface area contributed by atoms with Gasteiger partial charge in [0.25, 0.3) is 5.91 Å². The molecule has 2 aromatic rings. The van der Waals surface area contributed by atoms with Crippen molar-refractivity contribution in [3.8, 4) is 17.1 Å². The van der Waals surface area contributed by atoms with Crippen LogP contribution in [0.25, 0.3) is 11.4 Å². The highest BCUT2D eigenvalue weighted by atomic mass is 16.5. The molecule has 0 spiro atoms. The van der Waals surface area contributed by atoms with Gasteiger partial charge in [0.15, 0.2) is 5.84 Å². The first-order valence-corrected chi connectivity index (χ1v) is 12.1. The summed E-state index contributed by atoms with van der Waals surface area (Å²) in [5, 5.41) is 11.1. The van der Waals surface area contributed by atoms with Crippen molar-refractivity contribution in [1.29, 1.82) is 5.41 Å². The number of fused-ring (bicyclic) bond motifs is 3. The number of nitrogens with zero attached hydrogens (tertiary/aromatic N) is 6. The molecule has 4 rings (SSSR count). The second-order valence-electron chi connectivity index (χ2n) is 10.3. The van der Waals surface area contributed by atoms with E-state index in [1.807, 2.05) is 45.4 Å². The Morgan fingerprint density at radius 2 is 1.97 bits per heavy atom. The molecule has 11 heteroatoms. The second-order valence-corrected chi connectivity index (χ2v) is 10.3. The summed E-state index contributed by atoms with van der Waals surface area (Å²) in [7, 11) is 0. The van der Waals surface area contributed by atoms with Gasteiger partial charge in [0.05, 0.1) is 18.3 Å². The fourth-order valence-electron chi connectivity index (χ4n) is 4.34. The maximum atomic E-state index is 13.3. The first-order valence-electron chi connectivity index (χ1n) is 12.1. The molecular formula is C25H34N8O3. The first-order chi connectivity index (χ1) is 16.9. The maximum absolute atomic E-state index is 13.3. The number of ether oxygens (including phenoxy) is 1. The van der Waals surface area contributed by atoms with Crippen LogP contribution in [-0.2, 0) is 11.3 Å². The van der Waals surface area contributed by atoms with E-state index in [0.29, 0.717) is 54.9 Å². The van der Waals surface area contributed by atoms with Crippen LogP contribution in [0.2, 0.25) is 0 Å². The van der Waals surface area contributed by atoms with Crippen molar-refractivity contribution in [2.75, 3.05) is 26.2 Å². The highest BCUT2D eigenvalue weighted by Gasteiger charge is 2.34. The van der Waals surface area contributed by atoms with E-state index in [-0.39, 0.29) is 41.5 Å². The lowest BCUT2D eigenvalue weighted by Gasteiger charge is -2.42. The summed E-state index contributed by atoms with van der Waals surface area (Å²) in [6.07, 6.45) is 3.42. The number of amidine groups is 2. The van der Waals surface area contributed by atoms with Gasteiger partial charge in [0, 0.05) is 30.9 Å². The smallest absolute Gasteiger partial charge is 0.273 e. The van der Waals surface area contributed by atoms with Gasteiger partial charge in [-0.05, 0) is 47.6 Å². The van der Waals surface area contributed by atoms with Crippen molar-refractivity contribution in [1.82, 2.24) is 29.7 Å². The number of hydrogen-bond acceptors (Lipinski definition) is 6. The molecule has 0 unspecified atom stereocenters. The average molecular weight is 495 g/mol. The number of hydrogen-bond donors (Lipinski definition) is 2. The van der Waals surface area contributed by atoms with Crippen molar-refractivity contribution in [3.63, 3.8) is 0 Å². The third kappa shape index (κ3) is 5.24. The van der Waals surface area contributed by atoms with Crippen LogP contribution in [0.3, 0.4) is 0 Å². The summed E-state index contributed by atoms with van der Waals surface area (Å²) < 4.78 is 7.83. The minimum Gasteiger partial charge on any atom is -0.489 e. The Labute approximate surface area is 211 Å². The van der Waals surface area contributed by atoms with E-state index in [2.05, 4.69) is 15.3 Å². The largest absolute Gasteiger partial charge is 0.489 e. The molecule has 1 saturated heterocycles. The van der Waals surface area contributed by atoms with Crippen molar-refractivity contribution in [2.24, 2.45) is 4.99 Å². The van der Waals surface area contributed by atoms with Gasteiger partial charge in [-0.2, -0.15) is 0 Å². The zero-order chi connectivity index (χ0) is 26.2. The lowest BCUT2D eigenvalue weighted by Crippen LogP contribution is -2.58. The van der Waals surface area contributed by atoms with Crippen LogP contribution < -0.4 is 10.1 Å². The summed E-state index contributed by atoms with van der Waals surface area (Å²) in [6.45, 7) is 13.5. The summed E-state index contributed by atoms with van der Waals surface area (Å²) >= 11 is 0. The van der Waals surface area contributed by atoms with Gasteiger partial charge in [-0.25, -0.2) is 15.0 Å². The van der Waals surface area contributed by atoms with Crippen molar-refractivity contribution in [2.45, 2.75) is 59.7 Å². The monoisotopic (exact) mass is 494 g/mol. The average Bonchev–Trinajstić information content (AvgIpc) is 3.13. The van der Waals surface area contributed by atoms with Crippen LogP contribution >= 0.6 is 0 Å². The first kappa shape index (κ1) is 25.3. The molecule has 0 aromatic carbocycles. The van der Waals surface area contributed by atoms with Crippen LogP contribution in [0, 0.1) is 5.41 Å². The zero-order valence-corrected chi connectivity index (χ0v) is 21.8. The summed E-state index contributed by atoms with van der Waals surface area (Å²) in [5.74, 6) is 1.47. The van der Waals surface area contributed by atoms with E-state index < -0.39 is 0 Å². The standard InChI is InChI=1S/C25H34N8O3/c1-15(2)28-22(29-16(3)26)19-13-31-9-10-36-20-12-27-18(11-17(20)23(31)30-19)24(35)32-7-8-33(21(34)14-32)25(4,5)6/h11-13,15H,7-10,14H2,1-6H3,(H2,26,28,29). The maximum Gasteiger partial charge on any atom is 0.273 e. The number of rotatable bonds is 3. The number of carbonyl (C=O) groups is 2. The molecule has 1 fully saturated rings.